The van der Waals surface area contributed by atoms with E-state index in [1.54, 1.807) is 30.0 Å². The van der Waals surface area contributed by atoms with Crippen LogP contribution in [-0.2, 0) is 4.74 Å². The standard InChI is InChI=1S/C13H18N2O4/c1-2-19-13(18)8-3-4-9(14)10(5-8)15-6-11(16)12(17)7-15/h3-5,11-12,16-17H,2,6-7,14H2,1H3. The average Bonchev–Trinajstić information content (AvgIpc) is 2.70. The third-order valence-electron chi connectivity index (χ3n) is 3.14. The third kappa shape index (κ3) is 2.80. The maximum atomic E-state index is 11.7. The van der Waals surface area contributed by atoms with E-state index in [0.717, 1.165) is 0 Å². The number of hydrogen-bond acceptors (Lipinski definition) is 6. The summed E-state index contributed by atoms with van der Waals surface area (Å²) in [6, 6.07) is 4.84. The summed E-state index contributed by atoms with van der Waals surface area (Å²) in [5.41, 5.74) is 7.40. The molecule has 104 valence electrons. The van der Waals surface area contributed by atoms with Crippen molar-refractivity contribution in [3.63, 3.8) is 0 Å². The van der Waals surface area contributed by atoms with Crippen LogP contribution in [0.15, 0.2) is 18.2 Å². The molecule has 0 radical (unpaired) electrons. The quantitative estimate of drug-likeness (QED) is 0.526. The van der Waals surface area contributed by atoms with Gasteiger partial charge in [0.25, 0.3) is 0 Å². The molecule has 6 heteroatoms. The van der Waals surface area contributed by atoms with Gasteiger partial charge in [-0.2, -0.15) is 0 Å². The first kappa shape index (κ1) is 13.6. The first-order valence-electron chi connectivity index (χ1n) is 6.20. The summed E-state index contributed by atoms with van der Waals surface area (Å²) in [6.07, 6.45) is -1.60. The minimum absolute atomic E-state index is 0.289. The number of β-amino-alcohol motifs (C(OH)–C–C–N with tert-alkyl or cyclic N) is 2. The largest absolute Gasteiger partial charge is 0.462 e. The predicted octanol–water partition coefficient (Wildman–Crippen LogP) is -0.0127. The second-order valence-electron chi connectivity index (χ2n) is 4.53. The highest BCUT2D eigenvalue weighted by molar-refractivity contribution is 5.92. The van der Waals surface area contributed by atoms with Crippen LogP contribution in [0.1, 0.15) is 17.3 Å². The highest BCUT2D eigenvalue weighted by Gasteiger charge is 2.30. The summed E-state index contributed by atoms with van der Waals surface area (Å²) in [4.78, 5) is 13.4. The number of hydrogen-bond donors (Lipinski definition) is 3. The number of carbonyl (C=O) groups is 1. The number of carbonyl (C=O) groups excluding carboxylic acids is 1. The van der Waals surface area contributed by atoms with Crippen molar-refractivity contribution in [3.05, 3.63) is 23.8 Å². The van der Waals surface area contributed by atoms with Crippen LogP contribution in [0.4, 0.5) is 11.4 Å². The number of anilines is 2. The Morgan fingerprint density at radius 3 is 2.63 bits per heavy atom. The number of benzene rings is 1. The summed E-state index contributed by atoms with van der Waals surface area (Å²) in [7, 11) is 0. The molecule has 0 aliphatic carbocycles. The van der Waals surface area contributed by atoms with E-state index in [0.29, 0.717) is 23.5 Å². The fourth-order valence-electron chi connectivity index (χ4n) is 2.13. The molecule has 0 amide bonds. The first-order chi connectivity index (χ1) is 9.02. The maximum absolute atomic E-state index is 11.7. The third-order valence-corrected chi connectivity index (χ3v) is 3.14. The minimum atomic E-state index is -0.800. The zero-order valence-corrected chi connectivity index (χ0v) is 10.7. The van der Waals surface area contributed by atoms with E-state index in [1.165, 1.54) is 0 Å². The lowest BCUT2D eigenvalue weighted by atomic mass is 10.1. The van der Waals surface area contributed by atoms with Crippen LogP contribution >= 0.6 is 0 Å². The zero-order chi connectivity index (χ0) is 14.0. The van der Waals surface area contributed by atoms with Gasteiger partial charge in [0.2, 0.25) is 0 Å². The smallest absolute Gasteiger partial charge is 0.338 e. The minimum Gasteiger partial charge on any atom is -0.462 e. The summed E-state index contributed by atoms with van der Waals surface area (Å²) < 4.78 is 4.93. The number of nitrogen functional groups attached to an aromatic ring is 1. The van der Waals surface area contributed by atoms with Gasteiger partial charge in [-0.3, -0.25) is 0 Å². The lowest BCUT2D eigenvalue weighted by molar-refractivity contribution is 0.0526. The number of nitrogens with two attached hydrogens (primary N) is 1. The van der Waals surface area contributed by atoms with Gasteiger partial charge in [0.1, 0.15) is 0 Å². The van der Waals surface area contributed by atoms with Gasteiger partial charge in [0.05, 0.1) is 35.8 Å². The van der Waals surface area contributed by atoms with Gasteiger partial charge < -0.3 is 25.6 Å². The van der Waals surface area contributed by atoms with E-state index in [9.17, 15) is 15.0 Å². The van der Waals surface area contributed by atoms with E-state index in [1.807, 2.05) is 0 Å². The molecule has 0 saturated carbocycles. The predicted molar refractivity (Wildman–Crippen MR) is 71.0 cm³/mol. The molecule has 2 atom stereocenters. The number of rotatable bonds is 3. The van der Waals surface area contributed by atoms with Gasteiger partial charge in [0, 0.05) is 13.1 Å². The Kier molecular flexibility index (Phi) is 3.92. The Labute approximate surface area is 111 Å². The van der Waals surface area contributed by atoms with Gasteiger partial charge in [0.15, 0.2) is 0 Å². The number of nitrogens with zero attached hydrogens (tertiary/aromatic N) is 1. The van der Waals surface area contributed by atoms with Crippen LogP contribution in [0.3, 0.4) is 0 Å². The topological polar surface area (TPSA) is 96.0 Å². The molecule has 1 aromatic rings. The van der Waals surface area contributed by atoms with Crippen molar-refractivity contribution < 1.29 is 19.7 Å². The fraction of sp³-hybridized carbons (Fsp3) is 0.462. The number of esters is 1. The molecule has 1 aliphatic heterocycles. The Morgan fingerprint density at radius 2 is 2.05 bits per heavy atom. The summed E-state index contributed by atoms with van der Waals surface area (Å²) in [5, 5.41) is 19.1. The second kappa shape index (κ2) is 5.46. The molecule has 1 fully saturated rings. The number of aliphatic hydroxyl groups excluding tert-OH is 2. The van der Waals surface area contributed by atoms with E-state index in [2.05, 4.69) is 0 Å². The molecule has 19 heavy (non-hydrogen) atoms. The maximum Gasteiger partial charge on any atom is 0.338 e. The number of ether oxygens (including phenoxy) is 1. The molecule has 4 N–H and O–H groups in total. The molecule has 1 heterocycles. The molecule has 0 spiro atoms. The van der Waals surface area contributed by atoms with Crippen molar-refractivity contribution in [1.29, 1.82) is 0 Å². The normalized spacial score (nSPS) is 22.6. The summed E-state index contributed by atoms with van der Waals surface area (Å²) >= 11 is 0. The molecule has 0 aromatic heterocycles. The van der Waals surface area contributed by atoms with E-state index in [-0.39, 0.29) is 13.1 Å². The van der Waals surface area contributed by atoms with Gasteiger partial charge in [-0.25, -0.2) is 4.79 Å². The molecular formula is C13H18N2O4. The molecule has 1 aliphatic rings. The summed E-state index contributed by atoms with van der Waals surface area (Å²) in [5.74, 6) is -0.413. The van der Waals surface area contributed by atoms with Crippen LogP contribution in [0.2, 0.25) is 0 Å². The van der Waals surface area contributed by atoms with E-state index >= 15 is 0 Å². The monoisotopic (exact) mass is 266 g/mol. The Balaban J connectivity index is 2.25. The Hall–Kier alpha value is -1.79. The zero-order valence-electron chi connectivity index (χ0n) is 10.7. The van der Waals surface area contributed by atoms with Crippen LogP contribution < -0.4 is 10.6 Å². The average molecular weight is 266 g/mol. The fourth-order valence-corrected chi connectivity index (χ4v) is 2.13. The lowest BCUT2D eigenvalue weighted by Crippen LogP contribution is -2.22. The Morgan fingerprint density at radius 1 is 1.42 bits per heavy atom. The van der Waals surface area contributed by atoms with Gasteiger partial charge in [-0.05, 0) is 25.1 Å². The first-order valence-corrected chi connectivity index (χ1v) is 6.20. The van der Waals surface area contributed by atoms with Crippen molar-refractivity contribution in [1.82, 2.24) is 0 Å². The van der Waals surface area contributed by atoms with Crippen LogP contribution in [0.25, 0.3) is 0 Å². The van der Waals surface area contributed by atoms with Crippen molar-refractivity contribution in [2.24, 2.45) is 0 Å². The Bertz CT molecular complexity index is 468. The lowest BCUT2D eigenvalue weighted by Gasteiger charge is -2.20. The molecule has 1 saturated heterocycles. The SMILES string of the molecule is CCOC(=O)c1ccc(N)c(N2CC(O)C(O)C2)c1. The summed E-state index contributed by atoms with van der Waals surface area (Å²) in [6.45, 7) is 2.62. The van der Waals surface area contributed by atoms with Crippen molar-refractivity contribution in [2.75, 3.05) is 30.3 Å². The van der Waals surface area contributed by atoms with Crippen molar-refractivity contribution in [3.8, 4) is 0 Å². The van der Waals surface area contributed by atoms with E-state index < -0.39 is 18.2 Å². The highest BCUT2D eigenvalue weighted by Crippen LogP contribution is 2.28. The molecule has 0 bridgehead atoms. The van der Waals surface area contributed by atoms with Gasteiger partial charge >= 0.3 is 5.97 Å². The van der Waals surface area contributed by atoms with Crippen molar-refractivity contribution in [2.45, 2.75) is 19.1 Å². The van der Waals surface area contributed by atoms with E-state index in [4.69, 9.17) is 10.5 Å². The van der Waals surface area contributed by atoms with Crippen LogP contribution in [0, 0.1) is 0 Å². The number of aliphatic hydroxyl groups is 2. The van der Waals surface area contributed by atoms with Crippen molar-refractivity contribution >= 4 is 17.3 Å². The molecule has 2 rings (SSSR count). The molecular weight excluding hydrogens is 248 g/mol. The van der Waals surface area contributed by atoms with Gasteiger partial charge in [-0.1, -0.05) is 0 Å². The van der Waals surface area contributed by atoms with Crippen LogP contribution in [0.5, 0.6) is 0 Å². The van der Waals surface area contributed by atoms with Crippen LogP contribution in [-0.4, -0.2) is 48.1 Å². The van der Waals surface area contributed by atoms with Gasteiger partial charge in [-0.15, -0.1) is 0 Å². The molecule has 2 unspecified atom stereocenters. The highest BCUT2D eigenvalue weighted by atomic mass is 16.5. The second-order valence-corrected chi connectivity index (χ2v) is 4.53. The molecule has 1 aromatic carbocycles. The molecule has 6 nitrogen and oxygen atoms in total.